The lowest BCUT2D eigenvalue weighted by Crippen LogP contribution is -2.68. The van der Waals surface area contributed by atoms with Crippen molar-refractivity contribution in [3.8, 4) is 0 Å². The van der Waals surface area contributed by atoms with Crippen molar-refractivity contribution in [3.05, 3.63) is 60.7 Å². The topological polar surface area (TPSA) is 61.8 Å². The smallest absolute Gasteiger partial charge is 0.333 e. The molecule has 0 radical (unpaired) electrons. The molecule has 0 spiro atoms. The number of benzene rings is 2. The third-order valence-corrected chi connectivity index (χ3v) is 14.8. The van der Waals surface area contributed by atoms with Gasteiger partial charge in [0.05, 0.1) is 24.7 Å². The molecular weight excluding hydrogens is 497 g/mol. The van der Waals surface area contributed by atoms with Crippen molar-refractivity contribution in [2.24, 2.45) is 0 Å². The second kappa shape index (κ2) is 12.0. The van der Waals surface area contributed by atoms with E-state index in [4.69, 9.17) is 13.9 Å². The van der Waals surface area contributed by atoms with Gasteiger partial charge in [-0.1, -0.05) is 81.4 Å². The molecule has 2 aromatic rings. The Morgan fingerprint density at radius 3 is 1.86 bits per heavy atom. The van der Waals surface area contributed by atoms with Crippen LogP contribution < -0.4 is 10.4 Å². The highest BCUT2D eigenvalue weighted by molar-refractivity contribution is 8.18. The standard InChI is InChI=1S/C27H36O5S2Si/c1-26(2,3)35(21-13-8-6-9-14-21,22-15-10-7-11-16-22)32-23(25(29)31-5)19-27(20-24(28)30-4)33-17-12-18-34-27/h6-11,13-16,23H,12,17-20H2,1-5H3/t23-/m0/s1. The van der Waals surface area contributed by atoms with E-state index >= 15 is 0 Å². The van der Waals surface area contributed by atoms with Crippen molar-refractivity contribution in [2.75, 3.05) is 25.7 Å². The van der Waals surface area contributed by atoms with Crippen LogP contribution in [0.3, 0.4) is 0 Å². The van der Waals surface area contributed by atoms with Crippen LogP contribution in [0.4, 0.5) is 0 Å². The van der Waals surface area contributed by atoms with Crippen LogP contribution in [0, 0.1) is 0 Å². The van der Waals surface area contributed by atoms with Crippen molar-refractivity contribution < 1.29 is 23.5 Å². The number of carbonyl (C=O) groups is 2. The van der Waals surface area contributed by atoms with Crippen LogP contribution in [0.15, 0.2) is 60.7 Å². The first-order valence-electron chi connectivity index (χ1n) is 11.9. The third kappa shape index (κ3) is 6.34. The van der Waals surface area contributed by atoms with Crippen LogP contribution in [0.1, 0.15) is 40.0 Å². The summed E-state index contributed by atoms with van der Waals surface area (Å²) in [5, 5.41) is 1.90. The quantitative estimate of drug-likeness (QED) is 0.345. The summed E-state index contributed by atoms with van der Waals surface area (Å²) in [6, 6.07) is 20.5. The molecule has 0 bridgehead atoms. The largest absolute Gasteiger partial charge is 0.469 e. The minimum Gasteiger partial charge on any atom is -0.469 e. The molecule has 1 aliphatic rings. The van der Waals surface area contributed by atoms with Gasteiger partial charge in [-0.15, -0.1) is 23.5 Å². The maximum atomic E-state index is 13.3. The zero-order valence-corrected chi connectivity index (χ0v) is 23.9. The van der Waals surface area contributed by atoms with Gasteiger partial charge in [0.2, 0.25) is 0 Å². The second-order valence-electron chi connectivity index (χ2n) is 9.71. The van der Waals surface area contributed by atoms with Gasteiger partial charge < -0.3 is 13.9 Å². The lowest BCUT2D eigenvalue weighted by molar-refractivity contribution is -0.150. The number of hydrogen-bond acceptors (Lipinski definition) is 7. The van der Waals surface area contributed by atoms with E-state index in [1.54, 1.807) is 23.5 Å². The fourth-order valence-corrected chi connectivity index (χ4v) is 12.6. The Labute approximate surface area is 218 Å². The number of hydrogen-bond donors (Lipinski definition) is 0. The average molecular weight is 533 g/mol. The maximum absolute atomic E-state index is 13.3. The van der Waals surface area contributed by atoms with E-state index in [1.165, 1.54) is 14.2 Å². The monoisotopic (exact) mass is 532 g/mol. The van der Waals surface area contributed by atoms with Crippen LogP contribution >= 0.6 is 23.5 Å². The Bertz CT molecular complexity index is 933. The summed E-state index contributed by atoms with van der Waals surface area (Å²) in [4.78, 5) is 25.7. The lowest BCUT2D eigenvalue weighted by Gasteiger charge is -2.46. The van der Waals surface area contributed by atoms with Crippen molar-refractivity contribution >= 4 is 54.2 Å². The minimum atomic E-state index is -2.99. The number of ether oxygens (including phenoxy) is 2. The minimum absolute atomic E-state index is 0.219. The zero-order chi connectivity index (χ0) is 25.5. The van der Waals surface area contributed by atoms with E-state index in [1.807, 2.05) is 36.4 Å². The summed E-state index contributed by atoms with van der Waals surface area (Å²) in [5.74, 6) is 1.17. The van der Waals surface area contributed by atoms with Crippen molar-refractivity contribution in [2.45, 2.75) is 55.3 Å². The first-order chi connectivity index (χ1) is 16.7. The fourth-order valence-electron chi connectivity index (χ4n) is 4.69. The van der Waals surface area contributed by atoms with E-state index in [2.05, 4.69) is 45.0 Å². The highest BCUT2D eigenvalue weighted by Crippen LogP contribution is 2.49. The molecule has 0 amide bonds. The molecular formula is C27H36O5S2Si. The summed E-state index contributed by atoms with van der Waals surface area (Å²) < 4.78 is 17.0. The Kier molecular flexibility index (Phi) is 9.54. The number of rotatable bonds is 9. The normalized spacial score (nSPS) is 16.8. The molecule has 0 saturated carbocycles. The molecule has 0 unspecified atom stereocenters. The molecule has 5 nitrogen and oxygen atoms in total. The molecule has 190 valence electrons. The van der Waals surface area contributed by atoms with Gasteiger partial charge >= 0.3 is 11.9 Å². The average Bonchev–Trinajstić information content (AvgIpc) is 2.86. The summed E-state index contributed by atoms with van der Waals surface area (Å²) in [7, 11) is -0.184. The molecule has 0 aromatic heterocycles. The van der Waals surface area contributed by atoms with Crippen LogP contribution in [-0.2, 0) is 23.5 Å². The van der Waals surface area contributed by atoms with Gasteiger partial charge in [0.1, 0.15) is 6.10 Å². The third-order valence-electron chi connectivity index (χ3n) is 6.36. The van der Waals surface area contributed by atoms with Gasteiger partial charge in [-0.05, 0) is 33.3 Å². The molecule has 8 heteroatoms. The van der Waals surface area contributed by atoms with E-state index < -0.39 is 24.5 Å². The molecule has 1 saturated heterocycles. The van der Waals surface area contributed by atoms with Crippen LogP contribution in [0.25, 0.3) is 0 Å². The van der Waals surface area contributed by atoms with Gasteiger partial charge in [-0.3, -0.25) is 4.79 Å². The summed E-state index contributed by atoms with van der Waals surface area (Å²) in [6.45, 7) is 6.55. The molecule has 0 aliphatic carbocycles. The molecule has 1 heterocycles. The molecule has 35 heavy (non-hydrogen) atoms. The molecule has 3 rings (SSSR count). The summed E-state index contributed by atoms with van der Waals surface area (Å²) in [6.07, 6.45) is 0.830. The number of methoxy groups -OCH3 is 2. The molecule has 1 atom stereocenters. The van der Waals surface area contributed by atoms with Crippen molar-refractivity contribution in [1.82, 2.24) is 0 Å². The predicted octanol–water partition coefficient (Wildman–Crippen LogP) is 4.62. The van der Waals surface area contributed by atoms with E-state index in [9.17, 15) is 9.59 Å². The summed E-state index contributed by atoms with van der Waals surface area (Å²) in [5.41, 5.74) is 0. The van der Waals surface area contributed by atoms with Crippen LogP contribution in [0.2, 0.25) is 5.04 Å². The van der Waals surface area contributed by atoms with Crippen LogP contribution in [-0.4, -0.2) is 56.2 Å². The number of esters is 2. The van der Waals surface area contributed by atoms with Gasteiger partial charge in [0.25, 0.3) is 8.32 Å². The fraction of sp³-hybridized carbons (Fsp3) is 0.481. The van der Waals surface area contributed by atoms with Crippen molar-refractivity contribution in [1.29, 1.82) is 0 Å². The van der Waals surface area contributed by atoms with Gasteiger partial charge in [0.15, 0.2) is 0 Å². The Morgan fingerprint density at radius 2 is 1.43 bits per heavy atom. The van der Waals surface area contributed by atoms with E-state index in [-0.39, 0.29) is 17.4 Å². The maximum Gasteiger partial charge on any atom is 0.333 e. The van der Waals surface area contributed by atoms with Gasteiger partial charge in [-0.25, -0.2) is 4.79 Å². The summed E-state index contributed by atoms with van der Waals surface area (Å²) >= 11 is 3.45. The SMILES string of the molecule is COC(=O)CC1(C[C@H](O[Si](c2ccccc2)(c2ccccc2)C(C)(C)C)C(=O)OC)SCCCS1. The van der Waals surface area contributed by atoms with E-state index in [0.29, 0.717) is 6.42 Å². The zero-order valence-electron chi connectivity index (χ0n) is 21.2. The first kappa shape index (κ1) is 27.8. The Balaban J connectivity index is 2.13. The highest BCUT2D eigenvalue weighted by Gasteiger charge is 2.54. The van der Waals surface area contributed by atoms with Crippen LogP contribution in [0.5, 0.6) is 0 Å². The molecule has 2 aromatic carbocycles. The Morgan fingerprint density at radius 1 is 0.914 bits per heavy atom. The molecule has 1 aliphatic heterocycles. The molecule has 1 fully saturated rings. The lowest BCUT2D eigenvalue weighted by atomic mass is 10.1. The van der Waals surface area contributed by atoms with Gasteiger partial charge in [0, 0.05) is 6.42 Å². The predicted molar refractivity (Wildman–Crippen MR) is 148 cm³/mol. The first-order valence-corrected chi connectivity index (χ1v) is 15.8. The molecule has 0 N–H and O–H groups in total. The highest BCUT2D eigenvalue weighted by atomic mass is 32.2. The Hall–Kier alpha value is -1.74. The number of thioether (sulfide) groups is 2. The number of carbonyl (C=O) groups excluding carboxylic acids is 2. The van der Waals surface area contributed by atoms with Crippen molar-refractivity contribution in [3.63, 3.8) is 0 Å². The second-order valence-corrected chi connectivity index (χ2v) is 17.2. The van der Waals surface area contributed by atoms with Gasteiger partial charge in [-0.2, -0.15) is 0 Å². The van der Waals surface area contributed by atoms with E-state index in [0.717, 1.165) is 28.3 Å².